The Balaban J connectivity index is 0.00000161. The van der Waals surface area contributed by atoms with Crippen molar-refractivity contribution in [2.45, 2.75) is 19.3 Å². The molecule has 2 aromatic rings. The Morgan fingerprint density at radius 2 is 1.22 bits per heavy atom. The van der Waals surface area contributed by atoms with Gasteiger partial charge in [0.15, 0.2) is 0 Å². The molecule has 0 nitrogen and oxygen atoms in total. The van der Waals surface area contributed by atoms with Gasteiger partial charge in [-0.05, 0) is 0 Å². The molecular weight excluding hydrogens is 382 g/mol. The van der Waals surface area contributed by atoms with E-state index in [1.807, 2.05) is 0 Å². The molecule has 3 rings (SSSR count). The summed E-state index contributed by atoms with van der Waals surface area (Å²) in [5.74, 6) is 0.381. The maximum absolute atomic E-state index is 2.35. The van der Waals surface area contributed by atoms with Crippen LogP contribution in [0.3, 0.4) is 0 Å². The number of halogens is 3. The first-order valence-electron chi connectivity index (χ1n) is 6.99. The number of benzene rings is 2. The van der Waals surface area contributed by atoms with Crippen molar-refractivity contribution >= 4 is 0 Å². The molecule has 1 aliphatic rings. The molecule has 0 unspecified atom stereocenters. The van der Waals surface area contributed by atoms with Crippen molar-refractivity contribution in [3.8, 4) is 0 Å². The van der Waals surface area contributed by atoms with Crippen LogP contribution in [0.25, 0.3) is 0 Å². The summed E-state index contributed by atoms with van der Waals surface area (Å²) in [5.41, 5.74) is 5.74. The zero-order valence-electron chi connectivity index (χ0n) is 12.8. The molecule has 118 valence electrons. The SMILES string of the molecule is CC1=CCC(C(c2ccccc2)c2ccccc2)=[C]1[Ti+3].[Cl-].[Cl-].[Cl-]. The second-order valence-electron chi connectivity index (χ2n) is 5.25. The summed E-state index contributed by atoms with van der Waals surface area (Å²) < 4.78 is 1.46. The molecule has 0 saturated heterocycles. The third-order valence-corrected chi connectivity index (χ3v) is 5.08. The van der Waals surface area contributed by atoms with E-state index in [0.717, 1.165) is 6.42 Å². The van der Waals surface area contributed by atoms with Crippen molar-refractivity contribution in [3.05, 3.63) is 92.9 Å². The van der Waals surface area contributed by atoms with Crippen LogP contribution in [-0.4, -0.2) is 0 Å². The van der Waals surface area contributed by atoms with E-state index in [9.17, 15) is 0 Å². The van der Waals surface area contributed by atoms with Gasteiger partial charge in [-0.15, -0.1) is 0 Å². The van der Waals surface area contributed by atoms with E-state index >= 15 is 0 Å². The van der Waals surface area contributed by atoms with Crippen LogP contribution in [0, 0.1) is 0 Å². The van der Waals surface area contributed by atoms with Gasteiger partial charge in [0, 0.05) is 0 Å². The van der Waals surface area contributed by atoms with Crippen LogP contribution in [-0.2, 0) is 20.4 Å². The number of hydrogen-bond acceptors (Lipinski definition) is 0. The molecule has 0 bridgehead atoms. The van der Waals surface area contributed by atoms with E-state index in [2.05, 4.69) is 94.1 Å². The van der Waals surface area contributed by atoms with Gasteiger partial charge >= 0.3 is 133 Å². The van der Waals surface area contributed by atoms with E-state index in [4.69, 9.17) is 0 Å². The molecule has 0 atom stereocenters. The first-order chi connectivity index (χ1) is 9.77. The maximum Gasteiger partial charge on any atom is -1.00 e. The molecule has 0 fully saturated rings. The van der Waals surface area contributed by atoms with E-state index in [0.29, 0.717) is 5.92 Å². The molecule has 0 radical (unpaired) electrons. The Morgan fingerprint density at radius 3 is 1.57 bits per heavy atom. The summed E-state index contributed by atoms with van der Waals surface area (Å²) in [6, 6.07) is 21.7. The van der Waals surface area contributed by atoms with Crippen LogP contribution in [0.4, 0.5) is 0 Å². The van der Waals surface area contributed by atoms with E-state index in [1.54, 1.807) is 5.57 Å². The Labute approximate surface area is 169 Å². The summed E-state index contributed by atoms with van der Waals surface area (Å²) >= 11 is 2.26. The third-order valence-electron chi connectivity index (χ3n) is 3.96. The van der Waals surface area contributed by atoms with Crippen molar-refractivity contribution < 1.29 is 57.7 Å². The zero-order valence-corrected chi connectivity index (χ0v) is 16.6. The van der Waals surface area contributed by atoms with Gasteiger partial charge in [-0.1, -0.05) is 0 Å². The summed E-state index contributed by atoms with van der Waals surface area (Å²) in [4.78, 5) is 0. The first kappa shape index (κ1) is 22.5. The van der Waals surface area contributed by atoms with Crippen LogP contribution in [0.2, 0.25) is 0 Å². The van der Waals surface area contributed by atoms with Crippen molar-refractivity contribution in [2.24, 2.45) is 0 Å². The summed E-state index contributed by atoms with van der Waals surface area (Å²) in [7, 11) is 0. The van der Waals surface area contributed by atoms with Gasteiger partial charge in [0.25, 0.3) is 0 Å². The number of rotatable bonds is 3. The fourth-order valence-electron chi connectivity index (χ4n) is 2.87. The second kappa shape index (κ2) is 10.4. The Morgan fingerprint density at radius 1 is 0.783 bits per heavy atom. The van der Waals surface area contributed by atoms with E-state index in [1.165, 1.54) is 20.6 Å². The molecule has 2 aromatic carbocycles. The van der Waals surface area contributed by atoms with Gasteiger partial charge in [-0.3, -0.25) is 0 Å². The molecule has 1 aliphatic carbocycles. The van der Waals surface area contributed by atoms with Gasteiger partial charge in [0.1, 0.15) is 0 Å². The summed E-state index contributed by atoms with van der Waals surface area (Å²) in [5, 5.41) is 0. The number of allylic oxidation sites excluding steroid dienone is 4. The molecule has 0 aliphatic heterocycles. The van der Waals surface area contributed by atoms with Gasteiger partial charge in [-0.25, -0.2) is 0 Å². The molecule has 0 aromatic heterocycles. The quantitative estimate of drug-likeness (QED) is 0.462. The van der Waals surface area contributed by atoms with Gasteiger partial charge < -0.3 is 37.2 Å². The maximum atomic E-state index is 2.35. The Bertz CT molecular complexity index is 624. The minimum Gasteiger partial charge on any atom is -1.00 e. The molecule has 0 N–H and O–H groups in total. The molecule has 0 saturated carbocycles. The van der Waals surface area contributed by atoms with Crippen molar-refractivity contribution in [1.82, 2.24) is 0 Å². The third kappa shape index (κ3) is 4.99. The average Bonchev–Trinajstić information content (AvgIpc) is 2.82. The van der Waals surface area contributed by atoms with Crippen LogP contribution < -0.4 is 37.2 Å². The monoisotopic (exact) mass is 398 g/mol. The molecule has 0 heterocycles. The van der Waals surface area contributed by atoms with Crippen LogP contribution in [0.1, 0.15) is 30.4 Å². The molecule has 0 amide bonds. The predicted octanol–water partition coefficient (Wildman–Crippen LogP) is -4.02. The predicted molar refractivity (Wildman–Crippen MR) is 80.1 cm³/mol. The smallest absolute Gasteiger partial charge is 1.00 e. The van der Waals surface area contributed by atoms with Gasteiger partial charge in [0.2, 0.25) is 0 Å². The van der Waals surface area contributed by atoms with Gasteiger partial charge in [0.05, 0.1) is 0 Å². The van der Waals surface area contributed by atoms with Crippen molar-refractivity contribution in [3.63, 3.8) is 0 Å². The van der Waals surface area contributed by atoms with Crippen molar-refractivity contribution in [1.29, 1.82) is 0 Å². The van der Waals surface area contributed by atoms with Crippen LogP contribution >= 0.6 is 0 Å². The topological polar surface area (TPSA) is 0 Å². The minimum atomic E-state index is 0. The van der Waals surface area contributed by atoms with Crippen LogP contribution in [0.15, 0.2) is 81.8 Å². The normalized spacial score (nSPS) is 13.0. The zero-order chi connectivity index (χ0) is 13.9. The fraction of sp³-hybridized carbons (Fsp3) is 0.158. The molecular formula is C19H17Cl3Ti. The summed E-state index contributed by atoms with van der Waals surface area (Å²) in [6.45, 7) is 2.22. The fourth-order valence-corrected chi connectivity index (χ4v) is 3.41. The van der Waals surface area contributed by atoms with E-state index in [-0.39, 0.29) is 37.2 Å². The largest absolute Gasteiger partial charge is 1.00 e. The average molecular weight is 400 g/mol. The Kier molecular flexibility index (Phi) is 10.2. The molecule has 0 spiro atoms. The summed E-state index contributed by atoms with van der Waals surface area (Å²) in [6.07, 6.45) is 3.43. The standard InChI is InChI=1S/C19H17.3ClH.Ti/c1-15-12-13-18(14-15)19(16-8-4-2-5-9-16)17-10-6-3-7-11-17;;;;/h2-12,19H,13H2,1H3;3*1H;/q;;;;+3/p-3. The first-order valence-corrected chi connectivity index (χ1v) is 7.77. The minimum absolute atomic E-state index is 0. The molecule has 4 heteroatoms. The number of hydrogen-bond donors (Lipinski definition) is 0. The molecule has 23 heavy (non-hydrogen) atoms. The second-order valence-corrected chi connectivity index (χ2v) is 6.03. The Hall–Kier alpha value is -0.496. The van der Waals surface area contributed by atoms with Crippen LogP contribution in [0.5, 0.6) is 0 Å². The van der Waals surface area contributed by atoms with E-state index < -0.39 is 0 Å². The van der Waals surface area contributed by atoms with Crippen molar-refractivity contribution in [2.75, 3.05) is 0 Å². The van der Waals surface area contributed by atoms with Gasteiger partial charge in [-0.2, -0.15) is 0 Å².